The zero-order chi connectivity index (χ0) is 9.26. The van der Waals surface area contributed by atoms with Crippen LogP contribution in [-0.2, 0) is 6.42 Å². The Balaban J connectivity index is 2.01. The fourth-order valence-electron chi connectivity index (χ4n) is 1.31. The summed E-state index contributed by atoms with van der Waals surface area (Å²) in [5.74, 6) is 2.03. The second kappa shape index (κ2) is 3.16. The largest absolute Gasteiger partial charge is 0.368 e. The maximum Gasteiger partial charge on any atom is 0.225 e. The lowest BCUT2D eigenvalue weighted by Gasteiger charge is -2.00. The molecule has 5 heteroatoms. The van der Waals surface area contributed by atoms with Crippen molar-refractivity contribution in [1.82, 2.24) is 15.0 Å². The molecule has 1 fully saturated rings. The summed E-state index contributed by atoms with van der Waals surface area (Å²) >= 11 is 0. The zero-order valence-corrected chi connectivity index (χ0v) is 7.40. The van der Waals surface area contributed by atoms with Gasteiger partial charge in [0.2, 0.25) is 11.9 Å². The van der Waals surface area contributed by atoms with Crippen LogP contribution in [0.5, 0.6) is 0 Å². The zero-order valence-electron chi connectivity index (χ0n) is 7.40. The third-order valence-corrected chi connectivity index (χ3v) is 2.19. The van der Waals surface area contributed by atoms with Crippen LogP contribution in [0.25, 0.3) is 0 Å². The first-order valence-corrected chi connectivity index (χ1v) is 4.50. The predicted octanol–water partition coefficient (Wildman–Crippen LogP) is 0.379. The van der Waals surface area contributed by atoms with Gasteiger partial charge in [0.15, 0.2) is 0 Å². The third kappa shape index (κ3) is 2.27. The number of hydrogen-bond donors (Lipinski definition) is 2. The number of anilines is 2. The Morgan fingerprint density at radius 2 is 1.69 bits per heavy atom. The number of aryl methyl sites for hydroxylation is 1. The van der Waals surface area contributed by atoms with E-state index in [1.165, 1.54) is 12.8 Å². The van der Waals surface area contributed by atoms with Crippen LogP contribution in [0.4, 0.5) is 11.9 Å². The second-order valence-electron chi connectivity index (χ2n) is 3.45. The average molecular weight is 179 g/mol. The number of hydrogen-bond acceptors (Lipinski definition) is 5. The Bertz CT molecular complexity index is 287. The normalized spacial score (nSPS) is 16.0. The van der Waals surface area contributed by atoms with Crippen LogP contribution in [0.2, 0.25) is 0 Å². The first-order chi connectivity index (χ1) is 6.24. The van der Waals surface area contributed by atoms with Crippen molar-refractivity contribution in [2.75, 3.05) is 11.5 Å². The van der Waals surface area contributed by atoms with Gasteiger partial charge in [-0.3, -0.25) is 0 Å². The van der Waals surface area contributed by atoms with Crippen LogP contribution in [-0.4, -0.2) is 15.0 Å². The highest BCUT2D eigenvalue weighted by molar-refractivity contribution is 5.25. The van der Waals surface area contributed by atoms with Gasteiger partial charge in [0, 0.05) is 6.42 Å². The Morgan fingerprint density at radius 3 is 2.23 bits per heavy atom. The molecule has 1 aliphatic rings. The molecular formula is C8H13N5. The van der Waals surface area contributed by atoms with Gasteiger partial charge in [-0.15, -0.1) is 0 Å². The summed E-state index contributed by atoms with van der Waals surface area (Å²) in [6.45, 7) is 0. The topological polar surface area (TPSA) is 90.7 Å². The van der Waals surface area contributed by atoms with E-state index in [2.05, 4.69) is 15.0 Å². The van der Waals surface area contributed by atoms with Crippen LogP contribution >= 0.6 is 0 Å². The maximum absolute atomic E-state index is 5.44. The van der Waals surface area contributed by atoms with Gasteiger partial charge < -0.3 is 11.5 Å². The minimum absolute atomic E-state index is 0.221. The van der Waals surface area contributed by atoms with Crippen molar-refractivity contribution < 1.29 is 0 Å². The molecule has 0 bridgehead atoms. The molecule has 1 aromatic rings. The van der Waals surface area contributed by atoms with Gasteiger partial charge >= 0.3 is 0 Å². The van der Waals surface area contributed by atoms with E-state index in [9.17, 15) is 0 Å². The van der Waals surface area contributed by atoms with Crippen LogP contribution in [0.15, 0.2) is 0 Å². The molecule has 1 saturated carbocycles. The van der Waals surface area contributed by atoms with E-state index in [0.29, 0.717) is 0 Å². The number of nitrogens with zero attached hydrogens (tertiary/aromatic N) is 3. The van der Waals surface area contributed by atoms with Crippen molar-refractivity contribution in [2.24, 2.45) is 5.92 Å². The molecule has 70 valence electrons. The standard InChI is InChI=1S/C8H13N5/c9-7-11-6(12-8(10)13-7)4-3-5-1-2-5/h5H,1-4H2,(H4,9,10,11,12,13). The lowest BCUT2D eigenvalue weighted by Crippen LogP contribution is -2.06. The van der Waals surface area contributed by atoms with Crippen molar-refractivity contribution in [3.8, 4) is 0 Å². The molecule has 0 aliphatic heterocycles. The van der Waals surface area contributed by atoms with Crippen molar-refractivity contribution in [3.05, 3.63) is 5.82 Å². The highest BCUT2D eigenvalue weighted by Crippen LogP contribution is 2.33. The number of aromatic nitrogens is 3. The third-order valence-electron chi connectivity index (χ3n) is 2.19. The first kappa shape index (κ1) is 8.22. The fourth-order valence-corrected chi connectivity index (χ4v) is 1.31. The quantitative estimate of drug-likeness (QED) is 0.699. The van der Waals surface area contributed by atoms with E-state index in [-0.39, 0.29) is 11.9 Å². The Hall–Kier alpha value is -1.39. The minimum Gasteiger partial charge on any atom is -0.368 e. The van der Waals surface area contributed by atoms with E-state index in [1.807, 2.05) is 0 Å². The highest BCUT2D eigenvalue weighted by atomic mass is 15.1. The molecule has 0 atom stereocenters. The summed E-state index contributed by atoms with van der Waals surface area (Å²) in [4.78, 5) is 11.7. The van der Waals surface area contributed by atoms with Gasteiger partial charge in [0.25, 0.3) is 0 Å². The summed E-state index contributed by atoms with van der Waals surface area (Å²) < 4.78 is 0. The minimum atomic E-state index is 0.221. The van der Waals surface area contributed by atoms with Gasteiger partial charge in [-0.1, -0.05) is 12.8 Å². The van der Waals surface area contributed by atoms with E-state index >= 15 is 0 Å². The van der Waals surface area contributed by atoms with E-state index in [4.69, 9.17) is 11.5 Å². The summed E-state index contributed by atoms with van der Waals surface area (Å²) in [6.07, 6.45) is 4.69. The van der Waals surface area contributed by atoms with Crippen LogP contribution < -0.4 is 11.5 Å². The first-order valence-electron chi connectivity index (χ1n) is 4.50. The molecule has 1 aromatic heterocycles. The molecule has 5 nitrogen and oxygen atoms in total. The van der Waals surface area contributed by atoms with E-state index < -0.39 is 0 Å². The molecule has 4 N–H and O–H groups in total. The molecule has 0 amide bonds. The lowest BCUT2D eigenvalue weighted by molar-refractivity contribution is 0.695. The van der Waals surface area contributed by atoms with Crippen LogP contribution in [0, 0.1) is 5.92 Å². The SMILES string of the molecule is Nc1nc(N)nc(CCC2CC2)n1. The van der Waals surface area contributed by atoms with E-state index in [0.717, 1.165) is 24.6 Å². The van der Waals surface area contributed by atoms with Gasteiger partial charge in [-0.2, -0.15) is 15.0 Å². The summed E-state index contributed by atoms with van der Waals surface area (Å²) in [7, 11) is 0. The monoisotopic (exact) mass is 179 g/mol. The number of nitrogens with two attached hydrogens (primary N) is 2. The lowest BCUT2D eigenvalue weighted by atomic mass is 10.2. The van der Waals surface area contributed by atoms with Crippen molar-refractivity contribution >= 4 is 11.9 Å². The summed E-state index contributed by atoms with van der Waals surface area (Å²) in [5, 5.41) is 0. The molecule has 0 unspecified atom stereocenters. The Kier molecular flexibility index (Phi) is 2.00. The van der Waals surface area contributed by atoms with E-state index in [1.54, 1.807) is 0 Å². The number of rotatable bonds is 3. The van der Waals surface area contributed by atoms with Gasteiger partial charge in [0.05, 0.1) is 0 Å². The fraction of sp³-hybridized carbons (Fsp3) is 0.625. The van der Waals surface area contributed by atoms with Crippen molar-refractivity contribution in [1.29, 1.82) is 0 Å². The molecule has 0 radical (unpaired) electrons. The Morgan fingerprint density at radius 1 is 1.08 bits per heavy atom. The summed E-state index contributed by atoms with van der Waals surface area (Å²) in [5.41, 5.74) is 10.9. The maximum atomic E-state index is 5.44. The smallest absolute Gasteiger partial charge is 0.225 e. The van der Waals surface area contributed by atoms with Gasteiger partial charge in [-0.25, -0.2) is 0 Å². The Labute approximate surface area is 76.6 Å². The summed E-state index contributed by atoms with van der Waals surface area (Å²) in [6, 6.07) is 0. The molecule has 0 aromatic carbocycles. The molecule has 0 saturated heterocycles. The second-order valence-corrected chi connectivity index (χ2v) is 3.45. The van der Waals surface area contributed by atoms with Crippen LogP contribution in [0.3, 0.4) is 0 Å². The predicted molar refractivity (Wildman–Crippen MR) is 49.7 cm³/mol. The average Bonchev–Trinajstić information content (AvgIpc) is 2.81. The molecule has 13 heavy (non-hydrogen) atoms. The molecule has 2 rings (SSSR count). The van der Waals surface area contributed by atoms with Crippen molar-refractivity contribution in [2.45, 2.75) is 25.7 Å². The van der Waals surface area contributed by atoms with Gasteiger partial charge in [0.1, 0.15) is 5.82 Å². The molecule has 1 heterocycles. The molecule has 1 aliphatic carbocycles. The van der Waals surface area contributed by atoms with Crippen molar-refractivity contribution in [3.63, 3.8) is 0 Å². The molecular weight excluding hydrogens is 166 g/mol. The van der Waals surface area contributed by atoms with Gasteiger partial charge in [-0.05, 0) is 12.3 Å². The number of nitrogen functional groups attached to an aromatic ring is 2. The molecule has 0 spiro atoms. The highest BCUT2D eigenvalue weighted by Gasteiger charge is 2.21. The van der Waals surface area contributed by atoms with Crippen LogP contribution in [0.1, 0.15) is 25.1 Å².